The van der Waals surface area contributed by atoms with Crippen molar-refractivity contribution in [1.82, 2.24) is 10.3 Å². The number of carbonyl (C=O) groups is 2. The van der Waals surface area contributed by atoms with Crippen molar-refractivity contribution in [3.05, 3.63) is 46.5 Å². The molecule has 0 spiro atoms. The van der Waals surface area contributed by atoms with Gasteiger partial charge in [-0.3, -0.25) is 9.59 Å². The van der Waals surface area contributed by atoms with Gasteiger partial charge in [0.1, 0.15) is 0 Å². The third-order valence-corrected chi connectivity index (χ3v) is 9.88. The van der Waals surface area contributed by atoms with E-state index in [4.69, 9.17) is 4.98 Å². The Morgan fingerprint density at radius 2 is 1.92 bits per heavy atom. The van der Waals surface area contributed by atoms with E-state index in [9.17, 15) is 19.8 Å². The second kappa shape index (κ2) is 11.6. The van der Waals surface area contributed by atoms with E-state index >= 15 is 0 Å². The van der Waals surface area contributed by atoms with Gasteiger partial charge in [0.2, 0.25) is 11.8 Å². The molecule has 0 saturated heterocycles. The lowest BCUT2D eigenvalue weighted by Crippen LogP contribution is -2.57. The minimum atomic E-state index is -0.670. The van der Waals surface area contributed by atoms with Gasteiger partial charge in [0.15, 0.2) is 5.13 Å². The molecular weight excluding hydrogens is 486 g/mol. The van der Waals surface area contributed by atoms with Gasteiger partial charge in [0.25, 0.3) is 0 Å². The van der Waals surface area contributed by atoms with Crippen LogP contribution in [-0.4, -0.2) is 39.7 Å². The lowest BCUT2D eigenvalue weighted by atomic mass is 9.47. The zero-order valence-electron chi connectivity index (χ0n) is 22.3. The Labute approximate surface area is 224 Å². The van der Waals surface area contributed by atoms with Crippen LogP contribution in [0.5, 0.6) is 0 Å². The molecule has 202 valence electrons. The van der Waals surface area contributed by atoms with Gasteiger partial charge >= 0.3 is 0 Å². The van der Waals surface area contributed by atoms with Crippen molar-refractivity contribution in [2.24, 2.45) is 16.7 Å². The van der Waals surface area contributed by atoms with Gasteiger partial charge in [0.05, 0.1) is 18.4 Å². The van der Waals surface area contributed by atoms with Crippen molar-refractivity contribution in [1.29, 1.82) is 0 Å². The fraction of sp³-hybridized carbons (Fsp3) is 0.621. The van der Waals surface area contributed by atoms with Crippen molar-refractivity contribution in [3.63, 3.8) is 0 Å². The molecule has 1 aromatic heterocycles. The molecule has 1 heterocycles. The highest BCUT2D eigenvalue weighted by atomic mass is 32.1. The minimum absolute atomic E-state index is 0.0123. The van der Waals surface area contributed by atoms with Gasteiger partial charge in [-0.25, -0.2) is 4.98 Å². The summed E-state index contributed by atoms with van der Waals surface area (Å²) in [4.78, 5) is 31.7. The van der Waals surface area contributed by atoms with Crippen molar-refractivity contribution in [2.45, 2.75) is 90.7 Å². The molecule has 5 atom stereocenters. The van der Waals surface area contributed by atoms with Gasteiger partial charge < -0.3 is 20.8 Å². The Bertz CT molecular complexity index is 1090. The maximum atomic E-state index is 13.2. The molecule has 0 aliphatic heterocycles. The van der Waals surface area contributed by atoms with E-state index in [0.29, 0.717) is 30.9 Å². The first-order valence-corrected chi connectivity index (χ1v) is 14.4. The van der Waals surface area contributed by atoms with Crippen LogP contribution in [0.4, 0.5) is 5.13 Å². The van der Waals surface area contributed by atoms with Crippen LogP contribution in [0.15, 0.2) is 30.3 Å². The molecule has 4 N–H and O–H groups in total. The van der Waals surface area contributed by atoms with Gasteiger partial charge in [-0.2, -0.15) is 0 Å². The molecule has 1 fully saturated rings. The molecule has 1 saturated carbocycles. The number of carbonyl (C=O) groups excluding carboxylic acids is 2. The van der Waals surface area contributed by atoms with Crippen molar-refractivity contribution < 1.29 is 19.8 Å². The molecule has 0 radical (unpaired) electrons. The number of fused-ring (bicyclic) bond motifs is 2. The van der Waals surface area contributed by atoms with E-state index in [1.807, 2.05) is 37.3 Å². The molecule has 0 unspecified atom stereocenters. The summed E-state index contributed by atoms with van der Waals surface area (Å²) in [6, 6.07) is 9.84. The maximum absolute atomic E-state index is 13.2. The molecule has 1 aromatic carbocycles. The predicted molar refractivity (Wildman–Crippen MR) is 146 cm³/mol. The number of aromatic nitrogens is 1. The van der Waals surface area contributed by atoms with E-state index in [-0.39, 0.29) is 42.1 Å². The predicted octanol–water partition coefficient (Wildman–Crippen LogP) is 4.78. The Kier molecular flexibility index (Phi) is 8.71. The van der Waals surface area contributed by atoms with Crippen LogP contribution in [0.3, 0.4) is 0 Å². The highest BCUT2D eigenvalue weighted by molar-refractivity contribution is 7.15. The molecule has 8 heteroatoms. The van der Waals surface area contributed by atoms with Crippen LogP contribution in [0.1, 0.15) is 87.8 Å². The number of nitrogens with zero attached hydrogens (tertiary/aromatic N) is 1. The topological polar surface area (TPSA) is 112 Å². The summed E-state index contributed by atoms with van der Waals surface area (Å²) in [5, 5.41) is 28.0. The van der Waals surface area contributed by atoms with Crippen LogP contribution in [0.2, 0.25) is 0 Å². The number of anilines is 1. The first-order chi connectivity index (χ1) is 17.7. The van der Waals surface area contributed by atoms with E-state index in [2.05, 4.69) is 24.5 Å². The Morgan fingerprint density at radius 1 is 1.16 bits per heavy atom. The van der Waals surface area contributed by atoms with Crippen LogP contribution >= 0.6 is 11.3 Å². The quantitative estimate of drug-likeness (QED) is 0.332. The van der Waals surface area contributed by atoms with E-state index in [1.165, 1.54) is 11.3 Å². The number of amides is 2. The molecular formula is C29H41N3O4S. The first-order valence-electron chi connectivity index (χ1n) is 13.6. The Morgan fingerprint density at radius 3 is 2.62 bits per heavy atom. The summed E-state index contributed by atoms with van der Waals surface area (Å²) in [6.07, 6.45) is 5.07. The van der Waals surface area contributed by atoms with Crippen LogP contribution in [0.25, 0.3) is 0 Å². The number of unbranched alkanes of at least 4 members (excludes halogenated alkanes) is 2. The summed E-state index contributed by atoms with van der Waals surface area (Å²) >= 11 is 1.47. The average Bonchev–Trinajstić information content (AvgIpc) is 3.29. The summed E-state index contributed by atoms with van der Waals surface area (Å²) < 4.78 is 0. The summed E-state index contributed by atoms with van der Waals surface area (Å²) in [7, 11) is 0. The standard InChI is InChI=1S/C29H41N3O4S/c1-4-5-7-12-24(35)31-27-32-26-20(15-25(36)30-17-19-10-8-6-9-11-19)28(2)14-13-23(34)29(3,18-33)22(28)16-21(26)37-27/h6,8-11,20,22-23,33-34H,4-5,7,12-18H2,1-3H3,(H,30,36)(H,31,32,35)/t20-,22-,23-,28+,29+/m1/s1. The number of thiazole rings is 1. The molecule has 0 bridgehead atoms. The van der Waals surface area contributed by atoms with Gasteiger partial charge in [-0.05, 0) is 42.6 Å². The number of hydrogen-bond donors (Lipinski definition) is 4. The third kappa shape index (κ3) is 5.76. The highest BCUT2D eigenvalue weighted by Crippen LogP contribution is 2.62. The zero-order valence-corrected chi connectivity index (χ0v) is 23.1. The minimum Gasteiger partial charge on any atom is -0.396 e. The number of benzene rings is 1. The SMILES string of the molecule is CCCCCC(=O)Nc1nc2c(s1)C[C@H]1[C@](C)(CO)[C@H](O)CC[C@@]1(C)[C@@H]2CC(=O)NCc1ccccc1. The largest absolute Gasteiger partial charge is 0.396 e. The molecule has 2 aliphatic carbocycles. The van der Waals surface area contributed by atoms with Gasteiger partial charge in [-0.15, -0.1) is 11.3 Å². The Balaban J connectivity index is 1.60. The number of rotatable bonds is 10. The number of aliphatic hydroxyl groups is 2. The lowest BCUT2D eigenvalue weighted by Gasteiger charge is -2.58. The lowest BCUT2D eigenvalue weighted by molar-refractivity contribution is -0.144. The maximum Gasteiger partial charge on any atom is 0.226 e. The van der Waals surface area contributed by atoms with Crippen LogP contribution < -0.4 is 10.6 Å². The summed E-state index contributed by atoms with van der Waals surface area (Å²) in [5.74, 6) is -0.258. The van der Waals surface area contributed by atoms with E-state index < -0.39 is 11.5 Å². The summed E-state index contributed by atoms with van der Waals surface area (Å²) in [6.45, 7) is 6.62. The highest BCUT2D eigenvalue weighted by Gasteiger charge is 2.59. The van der Waals surface area contributed by atoms with Gasteiger partial charge in [0, 0.05) is 35.6 Å². The van der Waals surface area contributed by atoms with Crippen molar-refractivity contribution in [2.75, 3.05) is 11.9 Å². The Hall–Kier alpha value is -2.29. The smallest absolute Gasteiger partial charge is 0.226 e. The molecule has 37 heavy (non-hydrogen) atoms. The fourth-order valence-electron chi connectivity index (χ4n) is 6.47. The summed E-state index contributed by atoms with van der Waals surface area (Å²) in [5.41, 5.74) is 0.945. The van der Waals surface area contributed by atoms with E-state index in [1.54, 1.807) is 0 Å². The number of nitrogens with one attached hydrogen (secondary N) is 2. The van der Waals surface area contributed by atoms with Crippen LogP contribution in [0, 0.1) is 16.7 Å². The second-order valence-corrected chi connectivity index (χ2v) is 12.4. The molecule has 2 amide bonds. The number of hydrogen-bond acceptors (Lipinski definition) is 6. The average molecular weight is 528 g/mol. The third-order valence-electron chi connectivity index (χ3n) is 8.87. The normalized spacial score (nSPS) is 28.7. The molecule has 2 aliphatic rings. The molecule has 4 rings (SSSR count). The molecule has 2 aromatic rings. The monoisotopic (exact) mass is 527 g/mol. The number of aliphatic hydroxyl groups excluding tert-OH is 2. The van der Waals surface area contributed by atoms with Crippen molar-refractivity contribution >= 4 is 28.3 Å². The second-order valence-electron chi connectivity index (χ2n) is 11.3. The van der Waals surface area contributed by atoms with E-state index in [0.717, 1.165) is 41.8 Å². The zero-order chi connectivity index (χ0) is 26.6. The molecule has 7 nitrogen and oxygen atoms in total. The van der Waals surface area contributed by atoms with Crippen molar-refractivity contribution in [3.8, 4) is 0 Å². The fourth-order valence-corrected chi connectivity index (χ4v) is 7.56. The van der Waals surface area contributed by atoms with Crippen LogP contribution in [-0.2, 0) is 22.6 Å². The first kappa shape index (κ1) is 27.7. The van der Waals surface area contributed by atoms with Gasteiger partial charge in [-0.1, -0.05) is 63.9 Å².